The van der Waals surface area contributed by atoms with Crippen molar-refractivity contribution in [3.63, 3.8) is 0 Å². The molecule has 1 unspecified atom stereocenters. The molecular formula is C6H12O5. The summed E-state index contributed by atoms with van der Waals surface area (Å²) in [5.41, 5.74) is 0. The van der Waals surface area contributed by atoms with Crippen LogP contribution >= 0.6 is 0 Å². The Kier molecular flexibility index (Phi) is 2.80. The molecule has 1 saturated carbocycles. The van der Waals surface area contributed by atoms with Gasteiger partial charge < -0.3 is 5.11 Å². The standard InChI is InChI=1S/C6H12O5/c7-5-2-1-3-6(4-5,10-8)11-9/h5,7-9H,1-4H2. The average molecular weight is 164 g/mol. The maximum Gasteiger partial charge on any atom is 0.235 e. The van der Waals surface area contributed by atoms with E-state index in [9.17, 15) is 0 Å². The smallest absolute Gasteiger partial charge is 0.235 e. The Balaban J connectivity index is 2.52. The van der Waals surface area contributed by atoms with Gasteiger partial charge in [0.1, 0.15) is 0 Å². The van der Waals surface area contributed by atoms with Gasteiger partial charge in [-0.1, -0.05) is 0 Å². The molecule has 1 fully saturated rings. The lowest BCUT2D eigenvalue weighted by Crippen LogP contribution is -2.41. The van der Waals surface area contributed by atoms with Crippen molar-refractivity contribution in [1.82, 2.24) is 0 Å². The molecule has 0 aromatic rings. The van der Waals surface area contributed by atoms with Gasteiger partial charge in [0, 0.05) is 12.8 Å². The third kappa shape index (κ3) is 1.88. The molecule has 0 saturated heterocycles. The molecule has 3 N–H and O–H groups in total. The summed E-state index contributed by atoms with van der Waals surface area (Å²) < 4.78 is 0. The van der Waals surface area contributed by atoms with Crippen molar-refractivity contribution in [3.05, 3.63) is 0 Å². The Morgan fingerprint density at radius 2 is 1.91 bits per heavy atom. The second-order valence-corrected chi connectivity index (χ2v) is 2.84. The molecule has 66 valence electrons. The first-order valence-corrected chi connectivity index (χ1v) is 3.56. The largest absolute Gasteiger partial charge is 0.393 e. The van der Waals surface area contributed by atoms with Gasteiger partial charge in [-0.25, -0.2) is 20.3 Å². The van der Waals surface area contributed by atoms with E-state index >= 15 is 0 Å². The average Bonchev–Trinajstić information content (AvgIpc) is 2.04. The first kappa shape index (κ1) is 8.89. The topological polar surface area (TPSA) is 79.2 Å². The van der Waals surface area contributed by atoms with Crippen LogP contribution in [0, 0.1) is 0 Å². The fourth-order valence-electron chi connectivity index (χ4n) is 1.35. The second kappa shape index (κ2) is 3.46. The third-order valence-electron chi connectivity index (χ3n) is 1.97. The molecule has 0 aliphatic heterocycles. The highest BCUT2D eigenvalue weighted by atomic mass is 17.2. The van der Waals surface area contributed by atoms with E-state index in [1.165, 1.54) is 0 Å². The number of rotatable bonds is 2. The lowest BCUT2D eigenvalue weighted by molar-refractivity contribution is -0.495. The Bertz CT molecular complexity index is 122. The van der Waals surface area contributed by atoms with E-state index in [1.54, 1.807) is 0 Å². The van der Waals surface area contributed by atoms with Gasteiger partial charge in [-0.2, -0.15) is 0 Å². The first-order chi connectivity index (χ1) is 5.22. The highest BCUT2D eigenvalue weighted by Gasteiger charge is 2.39. The van der Waals surface area contributed by atoms with Crippen LogP contribution in [0.5, 0.6) is 0 Å². The van der Waals surface area contributed by atoms with Gasteiger partial charge in [0.25, 0.3) is 0 Å². The molecule has 0 radical (unpaired) electrons. The van der Waals surface area contributed by atoms with Crippen LogP contribution in [-0.4, -0.2) is 27.5 Å². The van der Waals surface area contributed by atoms with Crippen molar-refractivity contribution < 1.29 is 25.4 Å². The number of hydrogen-bond donors (Lipinski definition) is 3. The Hall–Kier alpha value is -0.200. The normalized spacial score (nSPS) is 30.3. The van der Waals surface area contributed by atoms with Gasteiger partial charge in [-0.15, -0.1) is 0 Å². The Morgan fingerprint density at radius 1 is 1.27 bits per heavy atom. The summed E-state index contributed by atoms with van der Waals surface area (Å²) >= 11 is 0. The second-order valence-electron chi connectivity index (χ2n) is 2.84. The minimum Gasteiger partial charge on any atom is -0.393 e. The molecule has 5 heteroatoms. The van der Waals surface area contributed by atoms with E-state index < -0.39 is 11.9 Å². The lowest BCUT2D eigenvalue weighted by Gasteiger charge is -2.32. The predicted octanol–water partition coefficient (Wildman–Crippen LogP) is 0.597. The summed E-state index contributed by atoms with van der Waals surface area (Å²) in [6.07, 6.45) is 1.21. The molecule has 0 spiro atoms. The molecule has 5 nitrogen and oxygen atoms in total. The molecule has 1 atom stereocenters. The van der Waals surface area contributed by atoms with Gasteiger partial charge in [-0.3, -0.25) is 0 Å². The number of hydrogen-bond acceptors (Lipinski definition) is 5. The first-order valence-electron chi connectivity index (χ1n) is 3.56. The van der Waals surface area contributed by atoms with Crippen molar-refractivity contribution >= 4 is 0 Å². The van der Waals surface area contributed by atoms with Crippen molar-refractivity contribution in [3.8, 4) is 0 Å². The summed E-state index contributed by atoms with van der Waals surface area (Å²) in [5.74, 6) is -1.41. The molecule has 1 aliphatic carbocycles. The molecule has 0 bridgehead atoms. The maximum absolute atomic E-state index is 9.12. The molecule has 1 rings (SSSR count). The summed E-state index contributed by atoms with van der Waals surface area (Å²) in [5, 5.41) is 25.9. The molecule has 0 aromatic carbocycles. The van der Waals surface area contributed by atoms with Crippen LogP contribution < -0.4 is 0 Å². The molecule has 11 heavy (non-hydrogen) atoms. The zero-order valence-electron chi connectivity index (χ0n) is 6.06. The third-order valence-corrected chi connectivity index (χ3v) is 1.97. The Morgan fingerprint density at radius 3 is 2.27 bits per heavy atom. The molecule has 0 heterocycles. The summed E-state index contributed by atoms with van der Waals surface area (Å²) in [6.45, 7) is 0. The van der Waals surface area contributed by atoms with E-state index in [-0.39, 0.29) is 6.42 Å². The van der Waals surface area contributed by atoms with Crippen LogP contribution in [-0.2, 0) is 9.78 Å². The van der Waals surface area contributed by atoms with Crippen molar-refractivity contribution in [1.29, 1.82) is 0 Å². The van der Waals surface area contributed by atoms with Crippen LogP contribution in [0.3, 0.4) is 0 Å². The summed E-state index contributed by atoms with van der Waals surface area (Å²) in [6, 6.07) is 0. The van der Waals surface area contributed by atoms with Gasteiger partial charge in [-0.05, 0) is 12.8 Å². The minimum absolute atomic E-state index is 0.0972. The van der Waals surface area contributed by atoms with Crippen LogP contribution in [0.2, 0.25) is 0 Å². The van der Waals surface area contributed by atoms with E-state index in [0.717, 1.165) is 0 Å². The van der Waals surface area contributed by atoms with Crippen molar-refractivity contribution in [2.75, 3.05) is 0 Å². The van der Waals surface area contributed by atoms with Crippen molar-refractivity contribution in [2.24, 2.45) is 0 Å². The summed E-state index contributed by atoms with van der Waals surface area (Å²) in [4.78, 5) is 7.93. The lowest BCUT2D eigenvalue weighted by atomic mass is 9.92. The van der Waals surface area contributed by atoms with Crippen molar-refractivity contribution in [2.45, 2.75) is 37.6 Å². The van der Waals surface area contributed by atoms with Crippen LogP contribution in [0.25, 0.3) is 0 Å². The highest BCUT2D eigenvalue weighted by molar-refractivity contribution is 4.78. The molecule has 1 aliphatic rings. The van der Waals surface area contributed by atoms with Gasteiger partial charge in [0.05, 0.1) is 6.10 Å². The molecular weight excluding hydrogens is 152 g/mol. The quantitative estimate of drug-likeness (QED) is 0.316. The monoisotopic (exact) mass is 164 g/mol. The highest BCUT2D eigenvalue weighted by Crippen LogP contribution is 2.31. The predicted molar refractivity (Wildman–Crippen MR) is 34.6 cm³/mol. The summed E-state index contributed by atoms with van der Waals surface area (Å²) in [7, 11) is 0. The minimum atomic E-state index is -1.41. The Labute approximate surface area is 64.0 Å². The fourth-order valence-corrected chi connectivity index (χ4v) is 1.35. The fraction of sp³-hybridized carbons (Fsp3) is 1.00. The van der Waals surface area contributed by atoms with Gasteiger partial charge >= 0.3 is 0 Å². The zero-order chi connectivity index (χ0) is 8.32. The van der Waals surface area contributed by atoms with E-state index in [0.29, 0.717) is 19.3 Å². The van der Waals surface area contributed by atoms with Gasteiger partial charge in [0.15, 0.2) is 0 Å². The van der Waals surface area contributed by atoms with Crippen LogP contribution in [0.4, 0.5) is 0 Å². The number of aliphatic hydroxyl groups is 1. The van der Waals surface area contributed by atoms with Crippen LogP contribution in [0.15, 0.2) is 0 Å². The maximum atomic E-state index is 9.12. The molecule has 0 amide bonds. The van der Waals surface area contributed by atoms with E-state index in [1.807, 2.05) is 0 Å². The van der Waals surface area contributed by atoms with Gasteiger partial charge in [0.2, 0.25) is 5.79 Å². The number of aliphatic hydroxyl groups excluding tert-OH is 1. The van der Waals surface area contributed by atoms with E-state index in [4.69, 9.17) is 15.6 Å². The van der Waals surface area contributed by atoms with Crippen LogP contribution in [0.1, 0.15) is 25.7 Å². The molecule has 0 aromatic heterocycles. The van der Waals surface area contributed by atoms with E-state index in [2.05, 4.69) is 9.78 Å². The zero-order valence-corrected chi connectivity index (χ0v) is 6.06. The SMILES string of the molecule is OOC1(OO)CCCC(O)C1.